The minimum absolute atomic E-state index is 0.0613. The monoisotopic (exact) mass is 299 g/mol. The molecule has 0 aromatic heterocycles. The first-order valence-electron chi connectivity index (χ1n) is 8.93. The lowest BCUT2D eigenvalue weighted by atomic mass is 9.90. The van der Waals surface area contributed by atoms with E-state index in [4.69, 9.17) is 10.5 Å². The van der Waals surface area contributed by atoms with Gasteiger partial charge >= 0.3 is 0 Å². The number of nitrogens with two attached hydrogens (primary N) is 1. The highest BCUT2D eigenvalue weighted by Crippen LogP contribution is 2.32. The Morgan fingerprint density at radius 3 is 2.64 bits per heavy atom. The van der Waals surface area contributed by atoms with Gasteiger partial charge in [0.2, 0.25) is 0 Å². The highest BCUT2D eigenvalue weighted by Gasteiger charge is 2.18. The third kappa shape index (κ3) is 4.36. The molecule has 2 N–H and O–H groups in total. The maximum atomic E-state index is 6.10. The van der Waals surface area contributed by atoms with E-state index in [0.29, 0.717) is 0 Å². The molecule has 0 spiro atoms. The summed E-state index contributed by atoms with van der Waals surface area (Å²) in [4.78, 5) is 0. The lowest BCUT2D eigenvalue weighted by molar-refractivity contribution is 0.209. The molecule has 0 saturated heterocycles. The number of benzene rings is 1. The zero-order valence-electron chi connectivity index (χ0n) is 13.8. The van der Waals surface area contributed by atoms with Gasteiger partial charge in [0.15, 0.2) is 0 Å². The van der Waals surface area contributed by atoms with Crippen molar-refractivity contribution >= 4 is 6.08 Å². The van der Waals surface area contributed by atoms with Crippen molar-refractivity contribution < 1.29 is 4.74 Å². The average Bonchev–Trinajstić information content (AvgIpc) is 3.36. The van der Waals surface area contributed by atoms with Crippen molar-refractivity contribution in [1.82, 2.24) is 0 Å². The molecule has 22 heavy (non-hydrogen) atoms. The van der Waals surface area contributed by atoms with Crippen LogP contribution >= 0.6 is 0 Å². The van der Waals surface area contributed by atoms with Gasteiger partial charge in [-0.15, -0.1) is 0 Å². The van der Waals surface area contributed by atoms with Crippen molar-refractivity contribution in [2.45, 2.75) is 57.9 Å². The van der Waals surface area contributed by atoms with E-state index >= 15 is 0 Å². The Bertz CT molecular complexity index is 510. The second-order valence-electron chi connectivity index (χ2n) is 7.09. The lowest BCUT2D eigenvalue weighted by Crippen LogP contribution is -2.15. The first-order chi connectivity index (χ1) is 10.7. The Morgan fingerprint density at radius 2 is 1.95 bits per heavy atom. The van der Waals surface area contributed by atoms with Crippen molar-refractivity contribution in [3.63, 3.8) is 0 Å². The van der Waals surface area contributed by atoms with E-state index in [0.717, 1.165) is 24.2 Å². The van der Waals surface area contributed by atoms with Gasteiger partial charge in [0, 0.05) is 6.04 Å². The van der Waals surface area contributed by atoms with E-state index in [-0.39, 0.29) is 6.04 Å². The Kier molecular flexibility index (Phi) is 5.20. The third-order valence-electron chi connectivity index (χ3n) is 4.93. The first kappa shape index (κ1) is 15.6. The molecule has 0 unspecified atom stereocenters. The van der Waals surface area contributed by atoms with Gasteiger partial charge in [-0.05, 0) is 67.7 Å². The molecule has 2 nitrogen and oxygen atoms in total. The van der Waals surface area contributed by atoms with Gasteiger partial charge in [-0.25, -0.2) is 0 Å². The van der Waals surface area contributed by atoms with Crippen LogP contribution in [0.1, 0.15) is 69.0 Å². The van der Waals surface area contributed by atoms with Crippen LogP contribution in [-0.2, 0) is 0 Å². The Morgan fingerprint density at radius 1 is 1.18 bits per heavy atom. The van der Waals surface area contributed by atoms with Crippen LogP contribution < -0.4 is 10.5 Å². The fourth-order valence-corrected chi connectivity index (χ4v) is 3.30. The molecule has 3 rings (SSSR count). The second-order valence-corrected chi connectivity index (χ2v) is 7.09. The van der Waals surface area contributed by atoms with Gasteiger partial charge in [0.05, 0.1) is 6.61 Å². The molecular weight excluding hydrogens is 270 g/mol. The van der Waals surface area contributed by atoms with Gasteiger partial charge in [-0.1, -0.05) is 37.5 Å². The smallest absolute Gasteiger partial charge is 0.119 e. The molecule has 120 valence electrons. The molecule has 2 heteroatoms. The Hall–Kier alpha value is -1.28. The van der Waals surface area contributed by atoms with Crippen LogP contribution in [-0.4, -0.2) is 6.61 Å². The van der Waals surface area contributed by atoms with Crippen molar-refractivity contribution in [1.29, 1.82) is 0 Å². The van der Waals surface area contributed by atoms with Crippen molar-refractivity contribution in [2.24, 2.45) is 17.6 Å². The van der Waals surface area contributed by atoms with Crippen LogP contribution in [0.4, 0.5) is 0 Å². The SMILES string of the molecule is C[C@H](N)c1ccc(OCC2CCCCC2)cc1/C=C/C1CC1. The number of hydrogen-bond acceptors (Lipinski definition) is 2. The maximum Gasteiger partial charge on any atom is 0.119 e. The predicted octanol–water partition coefficient (Wildman–Crippen LogP) is 5.09. The standard InChI is InChI=1S/C20H29NO/c1-15(21)20-12-11-19(13-18(20)10-9-16-7-8-16)22-14-17-5-3-2-4-6-17/h9-13,15-17H,2-8,14,21H2,1H3/b10-9+/t15-/m0/s1. The Balaban J connectivity index is 1.66. The van der Waals surface area contributed by atoms with E-state index in [2.05, 4.69) is 30.4 Å². The summed E-state index contributed by atoms with van der Waals surface area (Å²) in [6.45, 7) is 2.91. The molecule has 0 bridgehead atoms. The number of rotatable bonds is 6. The molecule has 0 heterocycles. The van der Waals surface area contributed by atoms with Gasteiger partial charge in [-0.2, -0.15) is 0 Å². The third-order valence-corrected chi connectivity index (χ3v) is 4.93. The lowest BCUT2D eigenvalue weighted by Gasteiger charge is -2.22. The van der Waals surface area contributed by atoms with E-state index in [9.17, 15) is 0 Å². The summed E-state index contributed by atoms with van der Waals surface area (Å²) in [5, 5.41) is 0. The van der Waals surface area contributed by atoms with Crippen LogP contribution in [0.15, 0.2) is 24.3 Å². The maximum absolute atomic E-state index is 6.10. The van der Waals surface area contributed by atoms with Gasteiger partial charge in [0.1, 0.15) is 5.75 Å². The molecule has 1 aromatic rings. The summed E-state index contributed by atoms with van der Waals surface area (Å²) in [7, 11) is 0. The summed E-state index contributed by atoms with van der Waals surface area (Å²) in [6.07, 6.45) is 14.0. The molecular formula is C20H29NO. The number of ether oxygens (including phenoxy) is 1. The van der Waals surface area contributed by atoms with Crippen LogP contribution in [0.3, 0.4) is 0 Å². The van der Waals surface area contributed by atoms with Crippen LogP contribution in [0, 0.1) is 11.8 Å². The quantitative estimate of drug-likeness (QED) is 0.794. The van der Waals surface area contributed by atoms with Gasteiger partial charge in [0.25, 0.3) is 0 Å². The molecule has 0 aliphatic heterocycles. The van der Waals surface area contributed by atoms with E-state index in [1.807, 2.05) is 6.92 Å². The van der Waals surface area contributed by atoms with Gasteiger partial charge < -0.3 is 10.5 Å². The molecule has 0 amide bonds. The van der Waals surface area contributed by atoms with E-state index in [1.165, 1.54) is 56.1 Å². The fraction of sp³-hybridized carbons (Fsp3) is 0.600. The molecule has 2 fully saturated rings. The Labute approximate surface area is 134 Å². The summed E-state index contributed by atoms with van der Waals surface area (Å²) in [6, 6.07) is 6.44. The van der Waals surface area contributed by atoms with Crippen LogP contribution in [0.5, 0.6) is 5.75 Å². The molecule has 2 aliphatic carbocycles. The van der Waals surface area contributed by atoms with Crippen LogP contribution in [0.2, 0.25) is 0 Å². The average molecular weight is 299 g/mol. The largest absolute Gasteiger partial charge is 0.493 e. The zero-order chi connectivity index (χ0) is 15.4. The van der Waals surface area contributed by atoms with E-state index in [1.54, 1.807) is 0 Å². The zero-order valence-corrected chi connectivity index (χ0v) is 13.8. The fourth-order valence-electron chi connectivity index (χ4n) is 3.30. The summed E-state index contributed by atoms with van der Waals surface area (Å²) in [5.74, 6) is 2.52. The molecule has 2 saturated carbocycles. The minimum atomic E-state index is 0.0613. The van der Waals surface area contributed by atoms with Crippen LogP contribution in [0.25, 0.3) is 6.08 Å². The van der Waals surface area contributed by atoms with Gasteiger partial charge in [-0.3, -0.25) is 0 Å². The highest BCUT2D eigenvalue weighted by atomic mass is 16.5. The highest BCUT2D eigenvalue weighted by molar-refractivity contribution is 5.57. The van der Waals surface area contributed by atoms with E-state index < -0.39 is 0 Å². The first-order valence-corrected chi connectivity index (χ1v) is 8.93. The summed E-state index contributed by atoms with van der Waals surface area (Å²) < 4.78 is 6.07. The molecule has 1 aromatic carbocycles. The molecule has 2 aliphatic rings. The topological polar surface area (TPSA) is 35.2 Å². The number of hydrogen-bond donors (Lipinski definition) is 1. The molecule has 1 atom stereocenters. The minimum Gasteiger partial charge on any atom is -0.493 e. The van der Waals surface area contributed by atoms with Crippen molar-refractivity contribution in [3.8, 4) is 5.75 Å². The molecule has 0 radical (unpaired) electrons. The van der Waals surface area contributed by atoms with Crippen molar-refractivity contribution in [2.75, 3.05) is 6.61 Å². The van der Waals surface area contributed by atoms with Crippen molar-refractivity contribution in [3.05, 3.63) is 35.4 Å². The summed E-state index contributed by atoms with van der Waals surface area (Å²) >= 11 is 0. The number of allylic oxidation sites excluding steroid dienone is 1. The normalized spacial score (nSPS) is 21.2. The summed E-state index contributed by atoms with van der Waals surface area (Å²) in [5.41, 5.74) is 8.54. The second kappa shape index (κ2) is 7.32. The predicted molar refractivity (Wildman–Crippen MR) is 92.9 cm³/mol.